The topological polar surface area (TPSA) is 65.4 Å². The molecule has 4 aromatic rings. The van der Waals surface area contributed by atoms with Crippen LogP contribution in [-0.4, -0.2) is 20.7 Å². The van der Waals surface area contributed by atoms with Gasteiger partial charge in [0.2, 0.25) is 0 Å². The Morgan fingerprint density at radius 3 is 2.44 bits per heavy atom. The normalized spacial score (nSPS) is 14.8. The minimum Gasteiger partial charge on any atom is -0.349 e. The lowest BCUT2D eigenvalue weighted by Gasteiger charge is -2.11. The molecule has 0 amide bonds. The molecule has 9 heteroatoms. The van der Waals surface area contributed by atoms with E-state index in [0.717, 1.165) is 35.6 Å². The largest absolute Gasteiger partial charge is 0.417 e. The standard InChI is InChI=1S/C25H18F4N4S/c1-2-34-19-9-15(14-3-5-16(6-4-14)24(13-30)7-8-24)11-31-22(19)23-20(26)21-18(33-23)10-17(12-32-21)25(27,28)29/h3-6,9-12,33H,2,7-8H2,1H3. The Bertz CT molecular complexity index is 1430. The first kappa shape index (κ1) is 22.4. The van der Waals surface area contributed by atoms with E-state index in [9.17, 15) is 18.4 Å². The van der Waals surface area contributed by atoms with Crippen LogP contribution in [0.2, 0.25) is 0 Å². The van der Waals surface area contributed by atoms with E-state index in [-0.39, 0.29) is 22.1 Å². The predicted octanol–water partition coefficient (Wildman–Crippen LogP) is 7.12. The lowest BCUT2D eigenvalue weighted by molar-refractivity contribution is -0.137. The van der Waals surface area contributed by atoms with Crippen LogP contribution < -0.4 is 0 Å². The summed E-state index contributed by atoms with van der Waals surface area (Å²) in [5.41, 5.74) is 1.53. The van der Waals surface area contributed by atoms with Gasteiger partial charge in [-0.25, -0.2) is 4.39 Å². The van der Waals surface area contributed by atoms with Gasteiger partial charge >= 0.3 is 6.18 Å². The summed E-state index contributed by atoms with van der Waals surface area (Å²) < 4.78 is 54.3. The molecule has 3 aromatic heterocycles. The average molecular weight is 483 g/mol. The summed E-state index contributed by atoms with van der Waals surface area (Å²) in [5.74, 6) is -0.0439. The third-order valence-corrected chi connectivity index (χ3v) is 6.94. The number of thioether (sulfide) groups is 1. The van der Waals surface area contributed by atoms with Crippen LogP contribution in [-0.2, 0) is 11.6 Å². The fourth-order valence-corrected chi connectivity index (χ4v) is 4.80. The van der Waals surface area contributed by atoms with E-state index < -0.39 is 17.6 Å². The van der Waals surface area contributed by atoms with E-state index in [1.807, 2.05) is 37.3 Å². The van der Waals surface area contributed by atoms with Crippen molar-refractivity contribution < 1.29 is 17.6 Å². The van der Waals surface area contributed by atoms with Gasteiger partial charge in [0.25, 0.3) is 0 Å². The van der Waals surface area contributed by atoms with Gasteiger partial charge in [0, 0.05) is 22.9 Å². The lowest BCUT2D eigenvalue weighted by atomic mass is 9.95. The van der Waals surface area contributed by atoms with Crippen LogP contribution in [0.25, 0.3) is 33.5 Å². The maximum atomic E-state index is 15.1. The minimum atomic E-state index is -4.58. The van der Waals surface area contributed by atoms with Gasteiger partial charge < -0.3 is 4.98 Å². The van der Waals surface area contributed by atoms with Crippen LogP contribution in [0.3, 0.4) is 0 Å². The maximum Gasteiger partial charge on any atom is 0.417 e. The predicted molar refractivity (Wildman–Crippen MR) is 123 cm³/mol. The number of nitrogens with one attached hydrogen (secondary N) is 1. The van der Waals surface area contributed by atoms with E-state index in [4.69, 9.17) is 0 Å². The number of nitrogens with zero attached hydrogens (tertiary/aromatic N) is 3. The maximum absolute atomic E-state index is 15.1. The zero-order valence-electron chi connectivity index (χ0n) is 18.0. The van der Waals surface area contributed by atoms with Gasteiger partial charge in [-0.3, -0.25) is 9.97 Å². The van der Waals surface area contributed by atoms with E-state index >= 15 is 4.39 Å². The van der Waals surface area contributed by atoms with Gasteiger partial charge in [-0.2, -0.15) is 18.4 Å². The number of alkyl halides is 3. The molecule has 0 saturated heterocycles. The van der Waals surface area contributed by atoms with Crippen LogP contribution in [0.1, 0.15) is 30.9 Å². The molecule has 0 aliphatic heterocycles. The van der Waals surface area contributed by atoms with Crippen LogP contribution in [0, 0.1) is 17.1 Å². The number of rotatable bonds is 5. The smallest absolute Gasteiger partial charge is 0.349 e. The second-order valence-corrected chi connectivity index (χ2v) is 9.51. The molecule has 1 aliphatic carbocycles. The molecule has 4 nitrogen and oxygen atoms in total. The van der Waals surface area contributed by atoms with Crippen LogP contribution >= 0.6 is 11.8 Å². The first-order valence-electron chi connectivity index (χ1n) is 10.7. The Balaban J connectivity index is 1.55. The highest BCUT2D eigenvalue weighted by molar-refractivity contribution is 7.99. The van der Waals surface area contributed by atoms with Crippen molar-refractivity contribution in [1.82, 2.24) is 15.0 Å². The number of fused-ring (bicyclic) bond motifs is 1. The van der Waals surface area contributed by atoms with E-state index in [0.29, 0.717) is 22.5 Å². The van der Waals surface area contributed by atoms with E-state index in [1.165, 1.54) is 11.8 Å². The Labute approximate surface area is 197 Å². The summed E-state index contributed by atoms with van der Waals surface area (Å²) in [7, 11) is 0. The molecule has 1 saturated carbocycles. The Morgan fingerprint density at radius 1 is 1.09 bits per heavy atom. The number of hydrogen-bond donors (Lipinski definition) is 1. The molecule has 0 unspecified atom stereocenters. The number of benzene rings is 1. The number of nitriles is 1. The number of aromatic nitrogens is 3. The molecule has 1 fully saturated rings. The number of H-pyrrole nitrogens is 1. The SMILES string of the molecule is CCSc1cc(-c2ccc(C3(C#N)CC3)cc2)cnc1-c1[nH]c2cc(C(F)(F)F)cnc2c1F. The summed E-state index contributed by atoms with van der Waals surface area (Å²) in [6, 6.07) is 12.9. The molecule has 1 aliphatic rings. The van der Waals surface area contributed by atoms with E-state index in [1.54, 1.807) is 6.20 Å². The number of hydrogen-bond acceptors (Lipinski definition) is 4. The van der Waals surface area contributed by atoms with Crippen LogP contribution in [0.15, 0.2) is 53.7 Å². The molecule has 0 spiro atoms. The summed E-state index contributed by atoms with van der Waals surface area (Å²) in [4.78, 5) is 11.6. The molecule has 0 radical (unpaired) electrons. The highest BCUT2D eigenvalue weighted by Crippen LogP contribution is 2.47. The van der Waals surface area contributed by atoms with Gasteiger partial charge in [-0.05, 0) is 41.9 Å². The molecule has 172 valence electrons. The van der Waals surface area contributed by atoms with E-state index in [2.05, 4.69) is 21.0 Å². The number of halogens is 4. The molecule has 0 atom stereocenters. The van der Waals surface area contributed by atoms with Gasteiger partial charge in [-0.1, -0.05) is 31.2 Å². The molecule has 1 N–H and O–H groups in total. The second-order valence-electron chi connectivity index (χ2n) is 8.21. The Kier molecular flexibility index (Phi) is 5.36. The Morgan fingerprint density at radius 2 is 1.82 bits per heavy atom. The van der Waals surface area contributed by atoms with Crippen molar-refractivity contribution in [3.63, 3.8) is 0 Å². The first-order chi connectivity index (χ1) is 16.3. The zero-order chi connectivity index (χ0) is 24.1. The van der Waals surface area contributed by atoms with Gasteiger partial charge in [0.05, 0.1) is 22.6 Å². The third kappa shape index (κ3) is 3.82. The van der Waals surface area contributed by atoms with Crippen molar-refractivity contribution in [3.05, 3.63) is 65.7 Å². The fourth-order valence-electron chi connectivity index (χ4n) is 3.99. The highest BCUT2D eigenvalue weighted by Gasteiger charge is 2.44. The van der Waals surface area contributed by atoms with Crippen LogP contribution in [0.5, 0.6) is 0 Å². The number of aromatic amines is 1. The average Bonchev–Trinajstić information content (AvgIpc) is 3.57. The Hall–Kier alpha value is -3.38. The molecule has 1 aromatic carbocycles. The molecular formula is C25H18F4N4S. The quantitative estimate of drug-likeness (QED) is 0.243. The van der Waals surface area contributed by atoms with Gasteiger partial charge in [-0.15, -0.1) is 11.8 Å². The summed E-state index contributed by atoms with van der Waals surface area (Å²) >= 11 is 1.46. The third-order valence-electron chi connectivity index (χ3n) is 6.03. The minimum absolute atomic E-state index is 0.00404. The monoisotopic (exact) mass is 482 g/mol. The van der Waals surface area contributed by atoms with Gasteiger partial charge in [0.15, 0.2) is 5.82 Å². The fraction of sp³-hybridized carbons (Fsp3) is 0.240. The van der Waals surface area contributed by atoms with Crippen molar-refractivity contribution in [3.8, 4) is 28.6 Å². The summed E-state index contributed by atoms with van der Waals surface area (Å²) in [6.07, 6.45) is -0.602. The van der Waals surface area contributed by atoms with Gasteiger partial charge in [0.1, 0.15) is 16.9 Å². The summed E-state index contributed by atoms with van der Waals surface area (Å²) in [5, 5.41) is 9.40. The zero-order valence-corrected chi connectivity index (χ0v) is 18.8. The van der Waals surface area contributed by atoms with Crippen molar-refractivity contribution in [1.29, 1.82) is 5.26 Å². The highest BCUT2D eigenvalue weighted by atomic mass is 32.2. The van der Waals surface area contributed by atoms with Crippen molar-refractivity contribution >= 4 is 22.8 Å². The van der Waals surface area contributed by atoms with Crippen molar-refractivity contribution in [2.45, 2.75) is 36.3 Å². The molecule has 5 rings (SSSR count). The van der Waals surface area contributed by atoms with Crippen LogP contribution in [0.4, 0.5) is 17.6 Å². The first-order valence-corrected chi connectivity index (χ1v) is 11.6. The molecule has 34 heavy (non-hydrogen) atoms. The van der Waals surface area contributed by atoms with Crippen molar-refractivity contribution in [2.75, 3.05) is 5.75 Å². The molecule has 0 bridgehead atoms. The molecule has 3 heterocycles. The second kappa shape index (κ2) is 8.13. The lowest BCUT2D eigenvalue weighted by Crippen LogP contribution is -2.05. The number of pyridine rings is 2. The summed E-state index contributed by atoms with van der Waals surface area (Å²) in [6.45, 7) is 1.95. The molecular weight excluding hydrogens is 464 g/mol. The van der Waals surface area contributed by atoms with Crippen molar-refractivity contribution in [2.24, 2.45) is 0 Å².